The lowest BCUT2D eigenvalue weighted by molar-refractivity contribution is 0.460. The van der Waals surface area contributed by atoms with Crippen LogP contribution in [-0.4, -0.2) is 10.2 Å². The van der Waals surface area contributed by atoms with E-state index in [4.69, 9.17) is 9.47 Å². The molecule has 4 heteroatoms. The van der Waals surface area contributed by atoms with Gasteiger partial charge in [-0.3, -0.25) is 0 Å². The molecule has 4 rings (SSSR count). The standard InChI is InChI=1S/C31H32O4/c1-19-15-23(16-20(2)29(19)34-27-11-7-25(32)8-12-27)31(5,6)24-17-21(3)30(22(4)18-24)35-28-13-9-26(33)10-14-28/h7-18,32-33H,1-6H3. The molecule has 0 bridgehead atoms. The highest BCUT2D eigenvalue weighted by molar-refractivity contribution is 5.53. The number of hydrogen-bond acceptors (Lipinski definition) is 4. The van der Waals surface area contributed by atoms with Crippen molar-refractivity contribution in [3.05, 3.63) is 106 Å². The van der Waals surface area contributed by atoms with Crippen LogP contribution >= 0.6 is 0 Å². The lowest BCUT2D eigenvalue weighted by Gasteiger charge is -2.29. The number of benzene rings is 4. The third-order valence-corrected chi connectivity index (χ3v) is 6.48. The molecular weight excluding hydrogens is 436 g/mol. The predicted octanol–water partition coefficient (Wildman–Crippen LogP) is 8.24. The maximum absolute atomic E-state index is 9.53. The lowest BCUT2D eigenvalue weighted by atomic mass is 9.76. The van der Waals surface area contributed by atoms with E-state index in [0.717, 1.165) is 33.8 Å². The van der Waals surface area contributed by atoms with Gasteiger partial charge < -0.3 is 19.7 Å². The first-order chi connectivity index (χ1) is 16.5. The zero-order valence-corrected chi connectivity index (χ0v) is 21.1. The van der Waals surface area contributed by atoms with Gasteiger partial charge in [-0.05, 0) is 110 Å². The summed E-state index contributed by atoms with van der Waals surface area (Å²) >= 11 is 0. The van der Waals surface area contributed by atoms with Crippen molar-refractivity contribution in [3.63, 3.8) is 0 Å². The summed E-state index contributed by atoms with van der Waals surface area (Å²) in [5.41, 5.74) is 6.40. The summed E-state index contributed by atoms with van der Waals surface area (Å²) in [6.45, 7) is 12.7. The molecule has 0 heterocycles. The number of aryl methyl sites for hydroxylation is 4. The van der Waals surface area contributed by atoms with Crippen LogP contribution in [0.5, 0.6) is 34.5 Å². The topological polar surface area (TPSA) is 58.9 Å². The van der Waals surface area contributed by atoms with Gasteiger partial charge in [0.05, 0.1) is 0 Å². The Labute approximate surface area is 207 Å². The van der Waals surface area contributed by atoms with Crippen LogP contribution in [0.15, 0.2) is 72.8 Å². The first-order valence-corrected chi connectivity index (χ1v) is 11.7. The van der Waals surface area contributed by atoms with Crippen molar-refractivity contribution in [1.82, 2.24) is 0 Å². The third-order valence-electron chi connectivity index (χ3n) is 6.48. The van der Waals surface area contributed by atoms with Gasteiger partial charge in [0.1, 0.15) is 34.5 Å². The SMILES string of the molecule is Cc1cc(C(C)(C)c2cc(C)c(Oc3ccc(O)cc3)c(C)c2)cc(C)c1Oc1ccc(O)cc1. The van der Waals surface area contributed by atoms with Crippen molar-refractivity contribution < 1.29 is 19.7 Å². The minimum absolute atomic E-state index is 0.216. The smallest absolute Gasteiger partial charge is 0.133 e. The van der Waals surface area contributed by atoms with Crippen molar-refractivity contribution in [2.75, 3.05) is 0 Å². The molecule has 180 valence electrons. The van der Waals surface area contributed by atoms with Gasteiger partial charge in [-0.2, -0.15) is 0 Å². The van der Waals surface area contributed by atoms with E-state index in [1.165, 1.54) is 11.1 Å². The molecule has 0 saturated carbocycles. The van der Waals surface area contributed by atoms with Crippen LogP contribution in [0.1, 0.15) is 47.2 Å². The first-order valence-electron chi connectivity index (χ1n) is 11.7. The molecule has 0 spiro atoms. The van der Waals surface area contributed by atoms with Gasteiger partial charge in [0.15, 0.2) is 0 Å². The molecule has 0 unspecified atom stereocenters. The Balaban J connectivity index is 1.64. The molecule has 0 aliphatic carbocycles. The van der Waals surface area contributed by atoms with Gasteiger partial charge in [0, 0.05) is 5.41 Å². The molecule has 0 amide bonds. The van der Waals surface area contributed by atoms with E-state index in [1.54, 1.807) is 48.5 Å². The number of rotatable bonds is 6. The quantitative estimate of drug-likeness (QED) is 0.299. The summed E-state index contributed by atoms with van der Waals surface area (Å²) in [7, 11) is 0. The second-order valence-electron chi connectivity index (χ2n) is 9.70. The summed E-state index contributed by atoms with van der Waals surface area (Å²) in [6.07, 6.45) is 0. The fourth-order valence-corrected chi connectivity index (χ4v) is 4.37. The first kappa shape index (κ1) is 24.2. The molecule has 35 heavy (non-hydrogen) atoms. The van der Waals surface area contributed by atoms with Crippen molar-refractivity contribution in [1.29, 1.82) is 0 Å². The highest BCUT2D eigenvalue weighted by atomic mass is 16.5. The Morgan fingerprint density at radius 3 is 1.09 bits per heavy atom. The van der Waals surface area contributed by atoms with Crippen LogP contribution in [0, 0.1) is 27.7 Å². The van der Waals surface area contributed by atoms with Gasteiger partial charge >= 0.3 is 0 Å². The summed E-state index contributed by atoms with van der Waals surface area (Å²) in [5, 5.41) is 19.1. The van der Waals surface area contributed by atoms with E-state index in [0.29, 0.717) is 11.5 Å². The fraction of sp³-hybridized carbons (Fsp3) is 0.226. The Kier molecular flexibility index (Phi) is 6.49. The van der Waals surface area contributed by atoms with Crippen LogP contribution in [0.2, 0.25) is 0 Å². The van der Waals surface area contributed by atoms with Crippen LogP contribution in [-0.2, 0) is 5.41 Å². The Bertz CT molecular complexity index is 1200. The average molecular weight is 469 g/mol. The number of phenols is 2. The second kappa shape index (κ2) is 9.38. The van der Waals surface area contributed by atoms with Crippen molar-refractivity contribution >= 4 is 0 Å². The minimum atomic E-state index is -0.237. The van der Waals surface area contributed by atoms with E-state index in [9.17, 15) is 10.2 Å². The number of aromatic hydroxyl groups is 2. The molecule has 0 radical (unpaired) electrons. The molecule has 4 aromatic carbocycles. The van der Waals surface area contributed by atoms with Crippen LogP contribution in [0.3, 0.4) is 0 Å². The van der Waals surface area contributed by atoms with Crippen molar-refractivity contribution in [2.45, 2.75) is 47.0 Å². The summed E-state index contributed by atoms with van der Waals surface area (Å²) < 4.78 is 12.3. The largest absolute Gasteiger partial charge is 0.508 e. The van der Waals surface area contributed by atoms with Gasteiger partial charge in [-0.15, -0.1) is 0 Å². The highest BCUT2D eigenvalue weighted by Crippen LogP contribution is 2.40. The normalized spacial score (nSPS) is 11.4. The van der Waals surface area contributed by atoms with E-state index in [-0.39, 0.29) is 16.9 Å². The molecule has 0 fully saturated rings. The average Bonchev–Trinajstić information content (AvgIpc) is 2.80. The predicted molar refractivity (Wildman–Crippen MR) is 140 cm³/mol. The van der Waals surface area contributed by atoms with Crippen LogP contribution in [0.4, 0.5) is 0 Å². The fourth-order valence-electron chi connectivity index (χ4n) is 4.37. The van der Waals surface area contributed by atoms with E-state index in [2.05, 4.69) is 65.8 Å². The zero-order valence-electron chi connectivity index (χ0n) is 21.1. The summed E-state index contributed by atoms with van der Waals surface area (Å²) in [6, 6.07) is 22.3. The summed E-state index contributed by atoms with van der Waals surface area (Å²) in [4.78, 5) is 0. The second-order valence-corrected chi connectivity index (χ2v) is 9.70. The van der Waals surface area contributed by atoms with Crippen LogP contribution < -0.4 is 9.47 Å². The Morgan fingerprint density at radius 2 is 0.800 bits per heavy atom. The van der Waals surface area contributed by atoms with Gasteiger partial charge in [0.2, 0.25) is 0 Å². The molecule has 4 nitrogen and oxygen atoms in total. The van der Waals surface area contributed by atoms with Gasteiger partial charge in [-0.1, -0.05) is 38.1 Å². The van der Waals surface area contributed by atoms with Gasteiger partial charge in [-0.25, -0.2) is 0 Å². The zero-order chi connectivity index (χ0) is 25.3. The minimum Gasteiger partial charge on any atom is -0.508 e. The van der Waals surface area contributed by atoms with E-state index < -0.39 is 0 Å². The molecule has 0 saturated heterocycles. The van der Waals surface area contributed by atoms with Gasteiger partial charge in [0.25, 0.3) is 0 Å². The molecule has 0 aliphatic heterocycles. The van der Waals surface area contributed by atoms with E-state index in [1.807, 2.05) is 0 Å². The number of ether oxygens (including phenoxy) is 2. The third kappa shape index (κ3) is 5.12. The number of hydrogen-bond donors (Lipinski definition) is 2. The molecule has 0 aliphatic rings. The molecule has 4 aromatic rings. The number of phenolic OH excluding ortho intramolecular Hbond substituents is 2. The molecule has 2 N–H and O–H groups in total. The van der Waals surface area contributed by atoms with Crippen molar-refractivity contribution in [3.8, 4) is 34.5 Å². The summed E-state index contributed by atoms with van der Waals surface area (Å²) in [5.74, 6) is 3.48. The van der Waals surface area contributed by atoms with Crippen molar-refractivity contribution in [2.24, 2.45) is 0 Å². The molecule has 0 aromatic heterocycles. The maximum Gasteiger partial charge on any atom is 0.133 e. The molecule has 0 atom stereocenters. The van der Waals surface area contributed by atoms with Crippen LogP contribution in [0.25, 0.3) is 0 Å². The Hall–Kier alpha value is -3.92. The Morgan fingerprint density at radius 1 is 0.514 bits per heavy atom. The van der Waals surface area contributed by atoms with E-state index >= 15 is 0 Å². The maximum atomic E-state index is 9.53. The monoisotopic (exact) mass is 468 g/mol. The lowest BCUT2D eigenvalue weighted by Crippen LogP contribution is -2.20. The highest BCUT2D eigenvalue weighted by Gasteiger charge is 2.26. The molecular formula is C31H32O4.